The molecule has 1 aromatic heterocycles. The van der Waals surface area contributed by atoms with Crippen LogP contribution in [0.1, 0.15) is 41.2 Å². The number of phenolic OH excluding ortho intramolecular Hbond substituents is 1. The Morgan fingerprint density at radius 2 is 2.18 bits per heavy atom. The predicted octanol–water partition coefficient (Wildman–Crippen LogP) is 1.84. The van der Waals surface area contributed by atoms with Crippen LogP contribution in [0.25, 0.3) is 0 Å². The molecule has 1 heterocycles. The number of methoxy groups -OCH3 is 1. The van der Waals surface area contributed by atoms with Gasteiger partial charge in [0.1, 0.15) is 29.9 Å². The van der Waals surface area contributed by atoms with Crippen molar-refractivity contribution >= 4 is 24.1 Å². The Bertz CT molecular complexity index is 1060. The summed E-state index contributed by atoms with van der Waals surface area (Å²) in [6.45, 7) is -0.537. The standard InChI is InChI=1S/C21H23N5O7/c1-31-14-7-17(28)15(10-27)18(8-14)32-11-20(29)24-19-9-16(25-26-19)12-2-3-13(6-12)33-21(30)23-5-4-22/h7-10,12-13,28H,2-3,5-6,11H2,1H3,(H,23,30)(H2,24,25,26,29). The summed E-state index contributed by atoms with van der Waals surface area (Å²) >= 11 is 0. The van der Waals surface area contributed by atoms with E-state index in [9.17, 15) is 19.5 Å². The van der Waals surface area contributed by atoms with Gasteiger partial charge in [-0.3, -0.25) is 14.7 Å². The molecule has 1 aliphatic carbocycles. The number of nitriles is 1. The van der Waals surface area contributed by atoms with Crippen LogP contribution in [-0.2, 0) is 9.53 Å². The molecule has 2 atom stereocenters. The van der Waals surface area contributed by atoms with Gasteiger partial charge in [0.25, 0.3) is 5.91 Å². The highest BCUT2D eigenvalue weighted by Crippen LogP contribution is 2.36. The topological polar surface area (TPSA) is 176 Å². The fraction of sp³-hybridized carbons (Fsp3) is 0.381. The zero-order chi connectivity index (χ0) is 23.8. The second-order valence-corrected chi connectivity index (χ2v) is 7.27. The van der Waals surface area contributed by atoms with E-state index < -0.39 is 18.6 Å². The summed E-state index contributed by atoms with van der Waals surface area (Å²) in [5.74, 6) is -0.198. The number of aldehydes is 1. The van der Waals surface area contributed by atoms with Crippen molar-refractivity contribution in [3.8, 4) is 23.3 Å². The first-order valence-electron chi connectivity index (χ1n) is 10.1. The molecule has 1 aromatic carbocycles. The minimum atomic E-state index is -0.623. The van der Waals surface area contributed by atoms with Crippen molar-refractivity contribution < 1.29 is 33.7 Å². The zero-order valence-electron chi connectivity index (χ0n) is 17.8. The van der Waals surface area contributed by atoms with Crippen LogP contribution in [0.3, 0.4) is 0 Å². The van der Waals surface area contributed by atoms with Gasteiger partial charge < -0.3 is 30.0 Å². The third-order valence-electron chi connectivity index (χ3n) is 5.08. The number of hydrogen-bond donors (Lipinski definition) is 4. The summed E-state index contributed by atoms with van der Waals surface area (Å²) in [4.78, 5) is 35.0. The van der Waals surface area contributed by atoms with Crippen LogP contribution in [0.15, 0.2) is 18.2 Å². The molecule has 0 bridgehead atoms. The number of nitrogens with one attached hydrogen (secondary N) is 3. The van der Waals surface area contributed by atoms with E-state index in [0.29, 0.717) is 24.9 Å². The van der Waals surface area contributed by atoms with Gasteiger partial charge in [0.05, 0.1) is 18.7 Å². The highest BCUT2D eigenvalue weighted by atomic mass is 16.6. The number of anilines is 1. The fourth-order valence-corrected chi connectivity index (χ4v) is 3.51. The molecule has 2 unspecified atom stereocenters. The lowest BCUT2D eigenvalue weighted by molar-refractivity contribution is -0.118. The first kappa shape index (κ1) is 23.4. The average Bonchev–Trinajstić information content (AvgIpc) is 3.45. The number of phenols is 1. The van der Waals surface area contributed by atoms with Crippen LogP contribution in [0, 0.1) is 11.3 Å². The summed E-state index contributed by atoms with van der Waals surface area (Å²) in [5.41, 5.74) is 0.695. The van der Waals surface area contributed by atoms with Crippen LogP contribution in [-0.4, -0.2) is 60.0 Å². The van der Waals surface area contributed by atoms with Crippen molar-refractivity contribution in [1.82, 2.24) is 15.5 Å². The number of amides is 2. The zero-order valence-corrected chi connectivity index (χ0v) is 17.8. The number of aromatic nitrogens is 2. The number of ether oxygens (including phenoxy) is 3. The van der Waals surface area contributed by atoms with Crippen LogP contribution >= 0.6 is 0 Å². The largest absolute Gasteiger partial charge is 0.507 e. The van der Waals surface area contributed by atoms with Gasteiger partial charge in [-0.05, 0) is 19.3 Å². The Morgan fingerprint density at radius 1 is 1.36 bits per heavy atom. The maximum absolute atomic E-state index is 12.3. The van der Waals surface area contributed by atoms with E-state index in [1.54, 1.807) is 6.07 Å². The molecule has 174 valence electrons. The predicted molar refractivity (Wildman–Crippen MR) is 113 cm³/mol. The molecule has 12 heteroatoms. The fourth-order valence-electron chi connectivity index (χ4n) is 3.51. The number of benzene rings is 1. The molecule has 33 heavy (non-hydrogen) atoms. The molecule has 12 nitrogen and oxygen atoms in total. The lowest BCUT2D eigenvalue weighted by atomic mass is 10.0. The van der Waals surface area contributed by atoms with Gasteiger partial charge in [0.2, 0.25) is 0 Å². The number of nitrogens with zero attached hydrogens (tertiary/aromatic N) is 2. The van der Waals surface area contributed by atoms with E-state index in [-0.39, 0.29) is 41.4 Å². The average molecular weight is 457 g/mol. The number of carbonyl (C=O) groups excluding carboxylic acids is 3. The summed E-state index contributed by atoms with van der Waals surface area (Å²) in [6.07, 6.45) is 1.56. The molecular formula is C21H23N5O7. The molecule has 0 radical (unpaired) electrons. The van der Waals surface area contributed by atoms with Gasteiger partial charge in [-0.25, -0.2) is 4.79 Å². The quantitative estimate of drug-likeness (QED) is 0.323. The number of aromatic hydroxyl groups is 1. The molecule has 4 N–H and O–H groups in total. The molecule has 1 fully saturated rings. The second kappa shape index (κ2) is 10.9. The minimum absolute atomic E-state index is 0.00974. The van der Waals surface area contributed by atoms with Gasteiger partial charge in [0.15, 0.2) is 18.7 Å². The first-order chi connectivity index (χ1) is 15.9. The number of rotatable bonds is 9. The number of carbonyl (C=O) groups is 3. The van der Waals surface area contributed by atoms with Crippen molar-refractivity contribution in [3.63, 3.8) is 0 Å². The third-order valence-corrected chi connectivity index (χ3v) is 5.08. The Kier molecular flexibility index (Phi) is 7.69. The van der Waals surface area contributed by atoms with Gasteiger partial charge in [0, 0.05) is 29.8 Å². The molecule has 0 aliphatic heterocycles. The van der Waals surface area contributed by atoms with Crippen LogP contribution in [0.4, 0.5) is 10.6 Å². The lowest BCUT2D eigenvalue weighted by Gasteiger charge is -2.12. The minimum Gasteiger partial charge on any atom is -0.507 e. The van der Waals surface area contributed by atoms with Crippen LogP contribution in [0.5, 0.6) is 17.2 Å². The van der Waals surface area contributed by atoms with Crippen molar-refractivity contribution in [2.45, 2.75) is 31.3 Å². The molecule has 1 aliphatic rings. The Balaban J connectivity index is 1.51. The van der Waals surface area contributed by atoms with E-state index in [2.05, 4.69) is 20.8 Å². The number of alkyl carbamates (subject to hydrolysis) is 1. The number of aromatic amines is 1. The SMILES string of the molecule is COc1cc(O)c(C=O)c(OCC(=O)Nc2cc(C3CCC(OC(=O)NCC#N)C3)[nH]n2)c1. The van der Waals surface area contributed by atoms with Gasteiger partial charge in [-0.15, -0.1) is 0 Å². The van der Waals surface area contributed by atoms with E-state index in [1.165, 1.54) is 19.2 Å². The molecule has 2 aromatic rings. The molecule has 2 amide bonds. The Labute approximate surface area is 188 Å². The molecule has 1 saturated carbocycles. The summed E-state index contributed by atoms with van der Waals surface area (Å²) in [5, 5.41) is 30.2. The Morgan fingerprint density at radius 3 is 2.91 bits per heavy atom. The van der Waals surface area contributed by atoms with Gasteiger partial charge in [-0.1, -0.05) is 0 Å². The van der Waals surface area contributed by atoms with Gasteiger partial charge >= 0.3 is 6.09 Å². The molecule has 3 rings (SSSR count). The second-order valence-electron chi connectivity index (χ2n) is 7.27. The highest BCUT2D eigenvalue weighted by molar-refractivity contribution is 5.91. The van der Waals surface area contributed by atoms with Gasteiger partial charge in [-0.2, -0.15) is 10.4 Å². The number of H-pyrrole nitrogens is 1. The third kappa shape index (κ3) is 6.13. The van der Waals surface area contributed by atoms with Crippen molar-refractivity contribution in [2.75, 3.05) is 25.6 Å². The first-order valence-corrected chi connectivity index (χ1v) is 10.1. The summed E-state index contributed by atoms with van der Waals surface area (Å²) in [6, 6.07) is 6.15. The summed E-state index contributed by atoms with van der Waals surface area (Å²) < 4.78 is 15.7. The highest BCUT2D eigenvalue weighted by Gasteiger charge is 2.30. The van der Waals surface area contributed by atoms with Crippen molar-refractivity contribution in [2.24, 2.45) is 0 Å². The van der Waals surface area contributed by atoms with Crippen molar-refractivity contribution in [3.05, 3.63) is 29.5 Å². The number of hydrogen-bond acceptors (Lipinski definition) is 9. The van der Waals surface area contributed by atoms with Crippen LogP contribution in [0.2, 0.25) is 0 Å². The smallest absolute Gasteiger partial charge is 0.408 e. The van der Waals surface area contributed by atoms with E-state index >= 15 is 0 Å². The van der Waals surface area contributed by atoms with Crippen LogP contribution < -0.4 is 20.1 Å². The maximum atomic E-state index is 12.3. The maximum Gasteiger partial charge on any atom is 0.408 e. The molecule has 0 spiro atoms. The monoisotopic (exact) mass is 457 g/mol. The molecule has 0 saturated heterocycles. The normalized spacial score (nSPS) is 17.0. The lowest BCUT2D eigenvalue weighted by Crippen LogP contribution is -2.28. The molecular weight excluding hydrogens is 434 g/mol. The summed E-state index contributed by atoms with van der Waals surface area (Å²) in [7, 11) is 1.39. The van der Waals surface area contributed by atoms with E-state index in [0.717, 1.165) is 12.1 Å². The Hall–Kier alpha value is -4.27. The van der Waals surface area contributed by atoms with E-state index in [4.69, 9.17) is 19.5 Å². The van der Waals surface area contributed by atoms with E-state index in [1.807, 2.05) is 6.07 Å². The van der Waals surface area contributed by atoms with Crippen molar-refractivity contribution in [1.29, 1.82) is 5.26 Å².